The number of hydrogen-bond acceptors (Lipinski definition) is 10. The fourth-order valence-corrected chi connectivity index (χ4v) is 4.52. The van der Waals surface area contributed by atoms with Crippen molar-refractivity contribution in [2.45, 2.75) is 21.5 Å². The van der Waals surface area contributed by atoms with E-state index < -0.39 is 44.1 Å². The molecule has 0 radical (unpaired) electrons. The minimum atomic E-state index is -4.22. The second-order valence-corrected chi connectivity index (χ2v) is 10.8. The number of rotatable bonds is 10. The molecule has 0 spiro atoms. The monoisotopic (exact) mass is 493 g/mol. The zero-order chi connectivity index (χ0) is 23.4. The summed E-state index contributed by atoms with van der Waals surface area (Å²) in [5, 5.41) is 10.8. The topological polar surface area (TPSA) is 166 Å². The lowest BCUT2D eigenvalue weighted by molar-refractivity contribution is -0.387. The van der Waals surface area contributed by atoms with Crippen LogP contribution in [0.4, 0.5) is 5.69 Å². The molecule has 1 aromatic carbocycles. The molecule has 0 amide bonds. The largest absolute Gasteiger partial charge is 0.457 e. The zero-order valence-electron chi connectivity index (χ0n) is 16.6. The van der Waals surface area contributed by atoms with Crippen LogP contribution >= 0.6 is 11.8 Å². The quantitative estimate of drug-likeness (QED) is 0.220. The first-order chi connectivity index (χ1) is 14.4. The average Bonchev–Trinajstić information content (AvgIpc) is 3.20. The van der Waals surface area contributed by atoms with Crippen LogP contribution in [0.15, 0.2) is 49.6 Å². The summed E-state index contributed by atoms with van der Waals surface area (Å²) in [5.41, 5.74) is -0.376. The van der Waals surface area contributed by atoms with Crippen molar-refractivity contribution in [2.24, 2.45) is 0 Å². The molecular weight excluding hydrogens is 474 g/mol. The predicted molar refractivity (Wildman–Crippen MR) is 109 cm³/mol. The van der Waals surface area contributed by atoms with E-state index >= 15 is 0 Å². The number of benzene rings is 1. The van der Waals surface area contributed by atoms with Gasteiger partial charge in [0.05, 0.1) is 14.7 Å². The molecule has 2 aromatic rings. The molecule has 15 heteroatoms. The third kappa shape index (κ3) is 6.04. The number of hydrogen-bond donors (Lipinski definition) is 1. The summed E-state index contributed by atoms with van der Waals surface area (Å²) in [4.78, 5) is 22.2. The first-order valence-electron chi connectivity index (χ1n) is 8.37. The van der Waals surface area contributed by atoms with E-state index in [9.17, 15) is 31.7 Å². The van der Waals surface area contributed by atoms with Gasteiger partial charge in [-0.3, -0.25) is 14.9 Å². The Morgan fingerprint density at radius 3 is 2.48 bits per heavy atom. The van der Waals surface area contributed by atoms with Crippen molar-refractivity contribution in [2.75, 3.05) is 26.9 Å². The zero-order valence-corrected chi connectivity index (χ0v) is 19.0. The SMILES string of the molecule is CSc1ccc(S(=O)(=O)NCC(=O)OCc2ccc(S(=O)(=O)N(C)C)o2)cc1[N+](=O)[O-]. The van der Waals surface area contributed by atoms with Crippen molar-refractivity contribution >= 4 is 43.5 Å². The minimum Gasteiger partial charge on any atom is -0.457 e. The van der Waals surface area contributed by atoms with Gasteiger partial charge >= 0.3 is 5.97 Å². The number of esters is 1. The number of nitrogens with one attached hydrogen (secondary N) is 1. The standard InChI is InChI=1S/C16H19N3O9S3/c1-18(2)31(25,26)16-7-4-11(28-16)10-27-15(20)9-17-30(23,24)12-5-6-14(29-3)13(8-12)19(21)22/h4-8,17H,9-10H2,1-3H3. The number of nitro groups is 1. The molecule has 0 atom stereocenters. The lowest BCUT2D eigenvalue weighted by Crippen LogP contribution is -2.30. The highest BCUT2D eigenvalue weighted by Crippen LogP contribution is 2.29. The Hall–Kier alpha value is -2.46. The summed E-state index contributed by atoms with van der Waals surface area (Å²) in [6, 6.07) is 5.88. The lowest BCUT2D eigenvalue weighted by Gasteiger charge is -2.08. The summed E-state index contributed by atoms with van der Waals surface area (Å²) in [7, 11) is -5.35. The maximum atomic E-state index is 12.3. The van der Waals surface area contributed by atoms with Crippen molar-refractivity contribution in [3.05, 3.63) is 46.2 Å². The number of furan rings is 1. The molecule has 1 N–H and O–H groups in total. The third-order valence-corrected chi connectivity index (χ3v) is 7.68. The molecule has 0 aliphatic rings. The number of nitrogens with zero attached hydrogens (tertiary/aromatic N) is 2. The number of carbonyl (C=O) groups excluding carboxylic acids is 1. The van der Waals surface area contributed by atoms with E-state index in [0.29, 0.717) is 0 Å². The van der Waals surface area contributed by atoms with Crippen LogP contribution in [-0.2, 0) is 36.2 Å². The molecule has 0 unspecified atom stereocenters. The number of nitro benzene ring substituents is 1. The fourth-order valence-electron chi connectivity index (χ4n) is 2.17. The van der Waals surface area contributed by atoms with Crippen LogP contribution in [0.1, 0.15) is 5.76 Å². The molecular formula is C16H19N3O9S3. The molecule has 12 nitrogen and oxygen atoms in total. The van der Waals surface area contributed by atoms with Crippen LogP contribution in [0, 0.1) is 10.1 Å². The van der Waals surface area contributed by atoms with E-state index in [1.165, 1.54) is 38.4 Å². The Labute approximate surface area is 182 Å². The van der Waals surface area contributed by atoms with Crippen molar-refractivity contribution in [3.63, 3.8) is 0 Å². The van der Waals surface area contributed by atoms with Gasteiger partial charge in [-0.2, -0.15) is 4.72 Å². The Bertz CT molecular complexity index is 1190. The molecule has 0 bridgehead atoms. The summed E-state index contributed by atoms with van der Waals surface area (Å²) in [6.45, 7) is -1.17. The summed E-state index contributed by atoms with van der Waals surface area (Å²) in [6.07, 6.45) is 1.61. The van der Waals surface area contributed by atoms with Crippen LogP contribution in [0.5, 0.6) is 0 Å². The smallest absolute Gasteiger partial charge is 0.321 e. The Morgan fingerprint density at radius 1 is 1.23 bits per heavy atom. The third-order valence-electron chi connectivity index (χ3n) is 3.81. The van der Waals surface area contributed by atoms with Crippen LogP contribution < -0.4 is 4.72 Å². The first-order valence-corrected chi connectivity index (χ1v) is 12.5. The maximum Gasteiger partial charge on any atom is 0.321 e. The highest BCUT2D eigenvalue weighted by Gasteiger charge is 2.23. The van der Waals surface area contributed by atoms with Gasteiger partial charge in [-0.15, -0.1) is 11.8 Å². The van der Waals surface area contributed by atoms with Gasteiger partial charge in [-0.05, 0) is 30.5 Å². The molecule has 0 saturated carbocycles. The number of ether oxygens (including phenoxy) is 1. The van der Waals surface area contributed by atoms with E-state index in [1.54, 1.807) is 6.26 Å². The fraction of sp³-hybridized carbons (Fsp3) is 0.312. The highest BCUT2D eigenvalue weighted by atomic mass is 32.2. The Morgan fingerprint density at radius 2 is 1.90 bits per heavy atom. The van der Waals surface area contributed by atoms with Crippen molar-refractivity contribution in [1.82, 2.24) is 9.03 Å². The van der Waals surface area contributed by atoms with Gasteiger partial charge in [-0.25, -0.2) is 21.1 Å². The van der Waals surface area contributed by atoms with Gasteiger partial charge in [0.1, 0.15) is 18.9 Å². The van der Waals surface area contributed by atoms with Crippen LogP contribution in [0.3, 0.4) is 0 Å². The highest BCUT2D eigenvalue weighted by molar-refractivity contribution is 7.98. The van der Waals surface area contributed by atoms with Gasteiger partial charge in [0.2, 0.25) is 15.1 Å². The van der Waals surface area contributed by atoms with Gasteiger partial charge in [0, 0.05) is 20.2 Å². The molecule has 2 rings (SSSR count). The molecule has 31 heavy (non-hydrogen) atoms. The summed E-state index contributed by atoms with van der Waals surface area (Å²) < 4.78 is 61.5. The number of thioether (sulfide) groups is 1. The van der Waals surface area contributed by atoms with Gasteiger partial charge < -0.3 is 9.15 Å². The van der Waals surface area contributed by atoms with Crippen molar-refractivity contribution in [1.29, 1.82) is 0 Å². The van der Waals surface area contributed by atoms with E-state index in [0.717, 1.165) is 22.1 Å². The van der Waals surface area contributed by atoms with E-state index in [1.807, 2.05) is 4.72 Å². The molecule has 170 valence electrons. The molecule has 1 aromatic heterocycles. The number of carbonyl (C=O) groups is 1. The van der Waals surface area contributed by atoms with E-state index in [2.05, 4.69) is 0 Å². The van der Waals surface area contributed by atoms with Gasteiger partial charge in [0.25, 0.3) is 15.7 Å². The number of sulfonamides is 2. The molecule has 0 aliphatic heterocycles. The van der Waals surface area contributed by atoms with Gasteiger partial charge in [0.15, 0.2) is 0 Å². The molecule has 0 fully saturated rings. The first kappa shape index (κ1) is 24.8. The van der Waals surface area contributed by atoms with Crippen LogP contribution in [-0.4, -0.2) is 58.9 Å². The normalized spacial score (nSPS) is 12.1. The Balaban J connectivity index is 1.99. The molecule has 0 aliphatic carbocycles. The Kier molecular flexibility index (Phi) is 7.82. The second-order valence-electron chi connectivity index (χ2n) is 6.08. The van der Waals surface area contributed by atoms with Crippen LogP contribution in [0.2, 0.25) is 0 Å². The molecule has 0 saturated heterocycles. The van der Waals surface area contributed by atoms with Gasteiger partial charge in [-0.1, -0.05) is 0 Å². The van der Waals surface area contributed by atoms with Crippen molar-refractivity contribution in [3.8, 4) is 0 Å². The molecule has 1 heterocycles. The van der Waals surface area contributed by atoms with Crippen LogP contribution in [0.25, 0.3) is 0 Å². The predicted octanol–water partition coefficient (Wildman–Crippen LogP) is 1.18. The minimum absolute atomic E-state index is 0.0416. The van der Waals surface area contributed by atoms with E-state index in [4.69, 9.17) is 9.15 Å². The van der Waals surface area contributed by atoms with Crippen molar-refractivity contribution < 1.29 is 35.7 Å². The maximum absolute atomic E-state index is 12.3. The summed E-state index contributed by atoms with van der Waals surface area (Å²) >= 11 is 1.09. The average molecular weight is 494 g/mol. The summed E-state index contributed by atoms with van der Waals surface area (Å²) in [5.74, 6) is -0.924. The van der Waals surface area contributed by atoms with E-state index in [-0.39, 0.29) is 26.3 Å². The lowest BCUT2D eigenvalue weighted by atomic mass is 10.3. The second kappa shape index (κ2) is 9.78.